The molecular weight excluding hydrogens is 332 g/mol. The Balaban J connectivity index is 1.78. The van der Waals surface area contributed by atoms with E-state index in [4.69, 9.17) is 0 Å². The van der Waals surface area contributed by atoms with Gasteiger partial charge in [0.05, 0.1) is 5.75 Å². The number of ether oxygens (including phenoxy) is 1. The summed E-state index contributed by atoms with van der Waals surface area (Å²) in [6, 6.07) is 12.2. The summed E-state index contributed by atoms with van der Waals surface area (Å²) in [5.41, 5.74) is 4.16. The number of alkyl halides is 2. The molecule has 6 heteroatoms. The Hall–Kier alpha value is -2.08. The SMILES string of the molecule is Cc1cc(C)cc(CSCC(=O)Nc2ccc(OC(F)F)cc2)c1. The van der Waals surface area contributed by atoms with Crippen molar-refractivity contribution in [1.82, 2.24) is 0 Å². The Morgan fingerprint density at radius 2 is 1.75 bits per heavy atom. The lowest BCUT2D eigenvalue weighted by Crippen LogP contribution is -2.14. The van der Waals surface area contributed by atoms with Crippen LogP contribution in [0.3, 0.4) is 0 Å². The Bertz CT molecular complexity index is 670. The molecule has 2 aromatic carbocycles. The van der Waals surface area contributed by atoms with Gasteiger partial charge in [0.2, 0.25) is 5.91 Å². The maximum absolute atomic E-state index is 12.1. The first-order valence-electron chi connectivity index (χ1n) is 7.42. The van der Waals surface area contributed by atoms with Crippen molar-refractivity contribution < 1.29 is 18.3 Å². The van der Waals surface area contributed by atoms with Crippen LogP contribution in [0.1, 0.15) is 16.7 Å². The smallest absolute Gasteiger partial charge is 0.387 e. The maximum Gasteiger partial charge on any atom is 0.387 e. The number of amides is 1. The molecule has 0 atom stereocenters. The molecule has 0 unspecified atom stereocenters. The molecule has 24 heavy (non-hydrogen) atoms. The zero-order valence-electron chi connectivity index (χ0n) is 13.5. The van der Waals surface area contributed by atoms with Gasteiger partial charge in [0.15, 0.2) is 0 Å². The number of rotatable bonds is 7. The topological polar surface area (TPSA) is 38.3 Å². The first kappa shape index (κ1) is 18.3. The predicted molar refractivity (Wildman–Crippen MR) is 93.8 cm³/mol. The largest absolute Gasteiger partial charge is 0.435 e. The van der Waals surface area contributed by atoms with Gasteiger partial charge < -0.3 is 10.1 Å². The molecule has 0 aliphatic carbocycles. The number of hydrogen-bond acceptors (Lipinski definition) is 3. The van der Waals surface area contributed by atoms with Crippen LogP contribution in [0.25, 0.3) is 0 Å². The Morgan fingerprint density at radius 3 is 2.33 bits per heavy atom. The normalized spacial score (nSPS) is 10.7. The lowest BCUT2D eigenvalue weighted by molar-refractivity contribution is -0.113. The van der Waals surface area contributed by atoms with Crippen molar-refractivity contribution in [3.63, 3.8) is 0 Å². The van der Waals surface area contributed by atoms with Crippen molar-refractivity contribution >= 4 is 23.4 Å². The quantitative estimate of drug-likeness (QED) is 0.780. The molecule has 1 amide bonds. The average molecular weight is 351 g/mol. The van der Waals surface area contributed by atoms with E-state index in [1.165, 1.54) is 52.7 Å². The number of aryl methyl sites for hydroxylation is 2. The number of anilines is 1. The van der Waals surface area contributed by atoms with E-state index >= 15 is 0 Å². The zero-order chi connectivity index (χ0) is 17.5. The van der Waals surface area contributed by atoms with E-state index in [9.17, 15) is 13.6 Å². The number of hydrogen-bond donors (Lipinski definition) is 1. The van der Waals surface area contributed by atoms with Gasteiger partial charge in [0, 0.05) is 11.4 Å². The molecule has 2 aromatic rings. The fourth-order valence-corrected chi connectivity index (χ4v) is 3.09. The maximum atomic E-state index is 12.1. The molecule has 0 radical (unpaired) electrons. The minimum absolute atomic E-state index is 0.0622. The van der Waals surface area contributed by atoms with E-state index in [1.54, 1.807) is 0 Å². The minimum Gasteiger partial charge on any atom is -0.435 e. The van der Waals surface area contributed by atoms with E-state index in [1.807, 2.05) is 0 Å². The summed E-state index contributed by atoms with van der Waals surface area (Å²) < 4.78 is 28.4. The van der Waals surface area contributed by atoms with Crippen LogP contribution in [0.15, 0.2) is 42.5 Å². The highest BCUT2D eigenvalue weighted by molar-refractivity contribution is 7.99. The van der Waals surface area contributed by atoms with Gasteiger partial charge in [0.25, 0.3) is 0 Å². The Kier molecular flexibility index (Phi) is 6.61. The third-order valence-corrected chi connectivity index (χ3v) is 4.15. The third-order valence-electron chi connectivity index (χ3n) is 3.15. The van der Waals surface area contributed by atoms with Crippen LogP contribution in [-0.2, 0) is 10.5 Å². The first-order chi connectivity index (χ1) is 11.4. The summed E-state index contributed by atoms with van der Waals surface area (Å²) in [7, 11) is 0. The van der Waals surface area contributed by atoms with Crippen molar-refractivity contribution in [1.29, 1.82) is 0 Å². The number of carbonyl (C=O) groups excluding carboxylic acids is 1. The van der Waals surface area contributed by atoms with Gasteiger partial charge in [-0.15, -0.1) is 11.8 Å². The van der Waals surface area contributed by atoms with E-state index in [0.717, 1.165) is 5.75 Å². The van der Waals surface area contributed by atoms with Gasteiger partial charge in [-0.1, -0.05) is 29.3 Å². The van der Waals surface area contributed by atoms with E-state index in [0.29, 0.717) is 11.4 Å². The number of halogens is 2. The van der Waals surface area contributed by atoms with Gasteiger partial charge in [-0.25, -0.2) is 0 Å². The van der Waals surface area contributed by atoms with E-state index in [-0.39, 0.29) is 11.7 Å². The van der Waals surface area contributed by atoms with Gasteiger partial charge in [0.1, 0.15) is 5.75 Å². The summed E-state index contributed by atoms with van der Waals surface area (Å²) in [6.45, 7) is 1.25. The fraction of sp³-hybridized carbons (Fsp3) is 0.278. The summed E-state index contributed by atoms with van der Waals surface area (Å²) in [5.74, 6) is 1.01. The van der Waals surface area contributed by atoms with E-state index in [2.05, 4.69) is 42.1 Å². The molecule has 2 rings (SSSR count). The molecule has 128 valence electrons. The van der Waals surface area contributed by atoms with Crippen LogP contribution in [0.4, 0.5) is 14.5 Å². The third kappa shape index (κ3) is 6.20. The Labute approximate surface area is 144 Å². The molecule has 0 heterocycles. The molecule has 0 saturated carbocycles. The van der Waals surface area contributed by atoms with Crippen molar-refractivity contribution in [3.05, 3.63) is 59.2 Å². The molecule has 0 aliphatic rings. The molecule has 1 N–H and O–H groups in total. The van der Waals surface area contributed by atoms with Crippen LogP contribution in [0, 0.1) is 13.8 Å². The highest BCUT2D eigenvalue weighted by atomic mass is 32.2. The summed E-state index contributed by atoms with van der Waals surface area (Å²) >= 11 is 1.53. The second-order valence-corrected chi connectivity index (χ2v) is 6.43. The fourth-order valence-electron chi connectivity index (χ4n) is 2.33. The molecule has 0 aliphatic heterocycles. The standard InChI is InChI=1S/C18H19F2NO2S/c1-12-7-13(2)9-14(8-12)10-24-11-17(22)21-15-3-5-16(6-4-15)23-18(19)20/h3-9,18H,10-11H2,1-2H3,(H,21,22). The molecule has 0 bridgehead atoms. The predicted octanol–water partition coefficient (Wildman–Crippen LogP) is 4.78. The lowest BCUT2D eigenvalue weighted by atomic mass is 10.1. The number of carbonyl (C=O) groups is 1. The second kappa shape index (κ2) is 8.68. The van der Waals surface area contributed by atoms with Crippen molar-refractivity contribution in [3.8, 4) is 5.75 Å². The van der Waals surface area contributed by atoms with Crippen LogP contribution in [0.5, 0.6) is 5.75 Å². The molecule has 0 spiro atoms. The number of thioether (sulfide) groups is 1. The summed E-state index contributed by atoms with van der Waals surface area (Å²) in [6.07, 6.45) is 0. The van der Waals surface area contributed by atoms with Crippen LogP contribution >= 0.6 is 11.8 Å². The molecular formula is C18H19F2NO2S. The number of nitrogens with one attached hydrogen (secondary N) is 1. The molecule has 0 aromatic heterocycles. The van der Waals surface area contributed by atoms with Crippen molar-refractivity contribution in [2.24, 2.45) is 0 Å². The van der Waals surface area contributed by atoms with Crippen LogP contribution in [0.2, 0.25) is 0 Å². The minimum atomic E-state index is -2.85. The molecule has 3 nitrogen and oxygen atoms in total. The number of benzene rings is 2. The lowest BCUT2D eigenvalue weighted by Gasteiger charge is -2.08. The van der Waals surface area contributed by atoms with Gasteiger partial charge in [-0.05, 0) is 43.7 Å². The molecule has 0 fully saturated rings. The van der Waals surface area contributed by atoms with Crippen LogP contribution < -0.4 is 10.1 Å². The van der Waals surface area contributed by atoms with Gasteiger partial charge >= 0.3 is 6.61 Å². The van der Waals surface area contributed by atoms with Crippen molar-refractivity contribution in [2.45, 2.75) is 26.2 Å². The summed E-state index contributed by atoms with van der Waals surface area (Å²) in [4.78, 5) is 11.9. The summed E-state index contributed by atoms with van der Waals surface area (Å²) in [5, 5.41) is 2.73. The first-order valence-corrected chi connectivity index (χ1v) is 8.57. The highest BCUT2D eigenvalue weighted by Gasteiger charge is 2.06. The monoisotopic (exact) mass is 351 g/mol. The van der Waals surface area contributed by atoms with Gasteiger partial charge in [-0.2, -0.15) is 8.78 Å². The second-order valence-electron chi connectivity index (χ2n) is 5.44. The van der Waals surface area contributed by atoms with Crippen molar-refractivity contribution in [2.75, 3.05) is 11.1 Å². The average Bonchev–Trinajstić information content (AvgIpc) is 2.48. The highest BCUT2D eigenvalue weighted by Crippen LogP contribution is 2.19. The van der Waals surface area contributed by atoms with Gasteiger partial charge in [-0.3, -0.25) is 4.79 Å². The van der Waals surface area contributed by atoms with Crippen LogP contribution in [-0.4, -0.2) is 18.3 Å². The van der Waals surface area contributed by atoms with E-state index < -0.39 is 6.61 Å². The zero-order valence-corrected chi connectivity index (χ0v) is 14.3. The Morgan fingerprint density at radius 1 is 1.12 bits per heavy atom. The molecule has 0 saturated heterocycles.